The molecule has 0 spiro atoms. The van der Waals surface area contributed by atoms with Crippen molar-refractivity contribution in [2.75, 3.05) is 14.1 Å². The summed E-state index contributed by atoms with van der Waals surface area (Å²) in [5.74, 6) is -0.266. The lowest BCUT2D eigenvalue weighted by Gasteiger charge is -2.15. The zero-order valence-electron chi connectivity index (χ0n) is 13.4. The van der Waals surface area contributed by atoms with E-state index in [4.69, 9.17) is 0 Å². The molecule has 0 aromatic heterocycles. The summed E-state index contributed by atoms with van der Waals surface area (Å²) >= 11 is 0. The zero-order valence-corrected chi connectivity index (χ0v) is 14.3. The molecule has 0 aliphatic carbocycles. The Balaban J connectivity index is 2.22. The van der Waals surface area contributed by atoms with Crippen molar-refractivity contribution in [3.63, 3.8) is 0 Å². The van der Waals surface area contributed by atoms with Gasteiger partial charge in [0.2, 0.25) is 10.0 Å². The minimum atomic E-state index is -3.55. The van der Waals surface area contributed by atoms with Gasteiger partial charge in [-0.15, -0.1) is 0 Å². The van der Waals surface area contributed by atoms with Crippen LogP contribution in [0.4, 0.5) is 4.79 Å². The standard InChI is InChI=1S/C15H21N3O4S/c1-4-6-13-14(19)18(15(20)16-13)10-11-7-5-8-12(9-11)23(21,22)17(2)3/h5,7-9,13H,4,6,10H2,1-3H3,(H,16,20). The molecule has 1 saturated heterocycles. The van der Waals surface area contributed by atoms with Crippen LogP contribution < -0.4 is 5.32 Å². The summed E-state index contributed by atoms with van der Waals surface area (Å²) in [5, 5.41) is 2.65. The van der Waals surface area contributed by atoms with E-state index >= 15 is 0 Å². The molecule has 1 aromatic rings. The molecule has 3 amide bonds. The summed E-state index contributed by atoms with van der Waals surface area (Å²) in [6.45, 7) is 2.00. The average molecular weight is 339 g/mol. The first kappa shape index (κ1) is 17.4. The van der Waals surface area contributed by atoms with E-state index in [2.05, 4.69) is 5.32 Å². The third-order valence-corrected chi connectivity index (χ3v) is 5.51. The Labute approximate surface area is 136 Å². The molecule has 1 aromatic carbocycles. The summed E-state index contributed by atoms with van der Waals surface area (Å²) in [4.78, 5) is 25.4. The van der Waals surface area contributed by atoms with E-state index in [0.29, 0.717) is 12.0 Å². The fraction of sp³-hybridized carbons (Fsp3) is 0.467. The number of rotatable bonds is 6. The average Bonchev–Trinajstić information content (AvgIpc) is 2.75. The van der Waals surface area contributed by atoms with Gasteiger partial charge in [0.05, 0.1) is 11.4 Å². The first-order chi connectivity index (χ1) is 10.8. The van der Waals surface area contributed by atoms with Crippen molar-refractivity contribution in [3.05, 3.63) is 29.8 Å². The van der Waals surface area contributed by atoms with Crippen molar-refractivity contribution in [1.82, 2.24) is 14.5 Å². The Morgan fingerprint density at radius 2 is 1.96 bits per heavy atom. The highest BCUT2D eigenvalue weighted by Crippen LogP contribution is 2.19. The number of hydrogen-bond donors (Lipinski definition) is 1. The van der Waals surface area contributed by atoms with E-state index in [0.717, 1.165) is 15.6 Å². The number of imide groups is 1. The lowest BCUT2D eigenvalue weighted by Crippen LogP contribution is -2.31. The van der Waals surface area contributed by atoms with Crippen LogP contribution in [-0.4, -0.2) is 49.7 Å². The molecule has 1 atom stereocenters. The monoisotopic (exact) mass is 339 g/mol. The molecule has 7 nitrogen and oxygen atoms in total. The Kier molecular flexibility index (Phi) is 5.06. The van der Waals surface area contributed by atoms with Crippen LogP contribution in [0.3, 0.4) is 0 Å². The van der Waals surface area contributed by atoms with E-state index in [1.807, 2.05) is 6.92 Å². The van der Waals surface area contributed by atoms with Gasteiger partial charge in [-0.2, -0.15) is 0 Å². The van der Waals surface area contributed by atoms with E-state index in [-0.39, 0.29) is 17.3 Å². The normalized spacial score (nSPS) is 18.6. The van der Waals surface area contributed by atoms with Gasteiger partial charge in [0.25, 0.3) is 5.91 Å². The Hall–Kier alpha value is -1.93. The molecule has 0 bridgehead atoms. The minimum Gasteiger partial charge on any atom is -0.326 e. The summed E-state index contributed by atoms with van der Waals surface area (Å²) in [7, 11) is -0.644. The van der Waals surface area contributed by atoms with Gasteiger partial charge in [-0.05, 0) is 24.1 Å². The third-order valence-electron chi connectivity index (χ3n) is 3.70. The van der Waals surface area contributed by atoms with Crippen LogP contribution in [0.25, 0.3) is 0 Å². The van der Waals surface area contributed by atoms with Crippen molar-refractivity contribution in [3.8, 4) is 0 Å². The number of hydrogen-bond acceptors (Lipinski definition) is 4. The Morgan fingerprint density at radius 1 is 1.26 bits per heavy atom. The summed E-state index contributed by atoms with van der Waals surface area (Å²) < 4.78 is 25.4. The second-order valence-corrected chi connectivity index (χ2v) is 7.80. The Morgan fingerprint density at radius 3 is 2.57 bits per heavy atom. The van der Waals surface area contributed by atoms with Gasteiger partial charge in [0.15, 0.2) is 0 Å². The maximum Gasteiger partial charge on any atom is 0.325 e. The topological polar surface area (TPSA) is 86.8 Å². The fourth-order valence-corrected chi connectivity index (χ4v) is 3.38. The summed E-state index contributed by atoms with van der Waals surface area (Å²) in [6.07, 6.45) is 1.39. The first-order valence-electron chi connectivity index (χ1n) is 7.40. The lowest BCUT2D eigenvalue weighted by atomic mass is 10.1. The highest BCUT2D eigenvalue weighted by atomic mass is 32.2. The van der Waals surface area contributed by atoms with Crippen LogP contribution >= 0.6 is 0 Å². The number of nitrogens with zero attached hydrogens (tertiary/aromatic N) is 2. The molecule has 1 N–H and O–H groups in total. The van der Waals surface area contributed by atoms with Crippen LogP contribution in [-0.2, 0) is 21.4 Å². The van der Waals surface area contributed by atoms with Crippen LogP contribution in [0.1, 0.15) is 25.3 Å². The van der Waals surface area contributed by atoms with E-state index in [1.54, 1.807) is 12.1 Å². The van der Waals surface area contributed by atoms with Gasteiger partial charge in [-0.25, -0.2) is 17.5 Å². The van der Waals surface area contributed by atoms with Gasteiger partial charge in [-0.1, -0.05) is 25.5 Å². The Bertz CT molecular complexity index is 715. The second kappa shape index (κ2) is 6.67. The van der Waals surface area contributed by atoms with Gasteiger partial charge < -0.3 is 5.32 Å². The van der Waals surface area contributed by atoms with Crippen LogP contribution in [0.15, 0.2) is 29.2 Å². The smallest absolute Gasteiger partial charge is 0.325 e. The summed E-state index contributed by atoms with van der Waals surface area (Å²) in [6, 6.07) is 5.36. The number of sulfonamides is 1. The maximum atomic E-state index is 12.2. The van der Waals surface area contributed by atoms with Gasteiger partial charge >= 0.3 is 6.03 Å². The van der Waals surface area contributed by atoms with Crippen molar-refractivity contribution < 1.29 is 18.0 Å². The number of nitrogens with one attached hydrogen (secondary N) is 1. The van der Waals surface area contributed by atoms with Crippen molar-refractivity contribution in [2.45, 2.75) is 37.2 Å². The molecule has 0 saturated carbocycles. The van der Waals surface area contributed by atoms with E-state index in [9.17, 15) is 18.0 Å². The fourth-order valence-electron chi connectivity index (χ4n) is 2.41. The molecule has 1 heterocycles. The molecular formula is C15H21N3O4S. The molecule has 23 heavy (non-hydrogen) atoms. The van der Waals surface area contributed by atoms with E-state index < -0.39 is 22.1 Å². The molecular weight excluding hydrogens is 318 g/mol. The SMILES string of the molecule is CCCC1NC(=O)N(Cc2cccc(S(=O)(=O)N(C)C)c2)C1=O. The highest BCUT2D eigenvalue weighted by molar-refractivity contribution is 7.89. The quantitative estimate of drug-likeness (QED) is 0.788. The van der Waals surface area contributed by atoms with Crippen molar-refractivity contribution >= 4 is 22.0 Å². The van der Waals surface area contributed by atoms with Crippen LogP contribution in [0, 0.1) is 0 Å². The second-order valence-electron chi connectivity index (χ2n) is 5.65. The molecule has 0 radical (unpaired) electrons. The molecule has 1 unspecified atom stereocenters. The van der Waals surface area contributed by atoms with E-state index in [1.165, 1.54) is 26.2 Å². The number of benzene rings is 1. The molecule has 1 fully saturated rings. The number of carbonyl (C=O) groups is 2. The molecule has 1 aliphatic rings. The molecule has 126 valence electrons. The van der Waals surface area contributed by atoms with Crippen molar-refractivity contribution in [2.24, 2.45) is 0 Å². The lowest BCUT2D eigenvalue weighted by molar-refractivity contribution is -0.128. The maximum absolute atomic E-state index is 12.2. The zero-order chi connectivity index (χ0) is 17.2. The number of urea groups is 1. The first-order valence-corrected chi connectivity index (χ1v) is 8.84. The highest BCUT2D eigenvalue weighted by Gasteiger charge is 2.37. The molecule has 1 aliphatic heterocycles. The van der Waals surface area contributed by atoms with Gasteiger partial charge in [-0.3, -0.25) is 9.69 Å². The molecule has 2 rings (SSSR count). The third kappa shape index (κ3) is 3.53. The summed E-state index contributed by atoms with van der Waals surface area (Å²) in [5.41, 5.74) is 0.591. The number of amides is 3. The number of carbonyl (C=O) groups excluding carboxylic acids is 2. The largest absolute Gasteiger partial charge is 0.326 e. The van der Waals surface area contributed by atoms with Crippen LogP contribution in [0.2, 0.25) is 0 Å². The van der Waals surface area contributed by atoms with Gasteiger partial charge in [0, 0.05) is 14.1 Å². The minimum absolute atomic E-state index is 0.0572. The van der Waals surface area contributed by atoms with Crippen LogP contribution in [0.5, 0.6) is 0 Å². The predicted octanol–water partition coefficient (Wildman–Crippen LogP) is 1.16. The van der Waals surface area contributed by atoms with Gasteiger partial charge in [0.1, 0.15) is 6.04 Å². The molecule has 8 heteroatoms. The van der Waals surface area contributed by atoms with Crippen molar-refractivity contribution in [1.29, 1.82) is 0 Å². The predicted molar refractivity (Wildman–Crippen MR) is 85.1 cm³/mol.